The van der Waals surface area contributed by atoms with Crippen LogP contribution in [0.25, 0.3) is 10.4 Å². The zero-order chi connectivity index (χ0) is 74.8. The first-order valence-electron chi connectivity index (χ1n) is 30.8. The number of nitrogens with two attached hydrogens (primary N) is 1. The lowest BCUT2D eigenvalue weighted by Gasteiger charge is -2.38. The Kier molecular flexibility index (Phi) is 22.0. The number of nitrogens with zero attached hydrogens (tertiary/aromatic N) is 9. The number of azide groups is 1. The maximum Gasteiger partial charge on any atom is 0.430 e. The zero-order valence-electron chi connectivity index (χ0n) is 52.9. The topological polar surface area (TPSA) is 256 Å². The first-order valence-corrected chi connectivity index (χ1v) is 33.8. The fourth-order valence-electron chi connectivity index (χ4n) is 13.2. The number of sulfone groups is 2. The largest absolute Gasteiger partial charge is 0.430 e. The number of nitriles is 2. The minimum atomic E-state index is -6.23. The van der Waals surface area contributed by atoms with E-state index in [9.17, 15) is 96.7 Å². The van der Waals surface area contributed by atoms with Crippen LogP contribution in [0.15, 0.2) is 148 Å². The van der Waals surface area contributed by atoms with E-state index in [2.05, 4.69) is 19.5 Å². The summed E-state index contributed by atoms with van der Waals surface area (Å²) in [7, 11) is -9.10. The highest BCUT2D eigenvalue weighted by Crippen LogP contribution is 2.57. The van der Waals surface area contributed by atoms with Crippen LogP contribution in [0.4, 0.5) is 81.6 Å². The fraction of sp³-hybridized carbons (Fsp3) is 0.394. The molecule has 0 bridgehead atoms. The van der Waals surface area contributed by atoms with Crippen molar-refractivity contribution >= 4 is 42.9 Å². The lowest BCUT2D eigenvalue weighted by molar-refractivity contribution is -0.393. The van der Waals surface area contributed by atoms with Crippen LogP contribution in [0.3, 0.4) is 0 Å². The molecule has 4 aliphatic heterocycles. The van der Waals surface area contributed by atoms with Crippen LogP contribution in [0.1, 0.15) is 71.9 Å². The second kappa shape index (κ2) is 29.2. The summed E-state index contributed by atoms with van der Waals surface area (Å²) in [5.41, 5.74) is -1.31. The highest BCUT2D eigenvalue weighted by Gasteiger charge is 2.75. The van der Waals surface area contributed by atoms with Gasteiger partial charge in [0, 0.05) is 103 Å². The Bertz CT molecular complexity index is 4370. The minimum Gasteiger partial charge on any atom is -0.399 e. The third kappa shape index (κ3) is 14.3. The third-order valence-corrected chi connectivity index (χ3v) is 23.8. The number of alkyl halides is 12. The maximum absolute atomic E-state index is 14.6. The number of halogens is 16. The molecule has 0 aromatic heterocycles. The van der Waals surface area contributed by atoms with Gasteiger partial charge >= 0.3 is 24.7 Å². The van der Waals surface area contributed by atoms with Crippen LogP contribution in [0, 0.1) is 58.0 Å². The smallest absolute Gasteiger partial charge is 0.399 e. The highest BCUT2D eigenvalue weighted by molar-refractivity contribution is 7.92. The van der Waals surface area contributed by atoms with Crippen molar-refractivity contribution in [2.45, 2.75) is 107 Å². The molecule has 102 heavy (non-hydrogen) atoms. The summed E-state index contributed by atoms with van der Waals surface area (Å²) < 4.78 is 294. The number of nitrogen functional groups attached to an aromatic ring is 1. The van der Waals surface area contributed by atoms with Gasteiger partial charge in [-0.3, -0.25) is 9.59 Å². The van der Waals surface area contributed by atoms with E-state index in [1.54, 1.807) is 0 Å². The lowest BCUT2D eigenvalue weighted by Crippen LogP contribution is -2.56. The van der Waals surface area contributed by atoms with Crippen molar-refractivity contribution in [2.75, 3.05) is 58.1 Å². The normalized spacial score (nSPS) is 19.2. The van der Waals surface area contributed by atoms with Crippen molar-refractivity contribution < 1.29 is 106 Å². The number of ether oxygens (including phenoxy) is 2. The van der Waals surface area contributed by atoms with Crippen LogP contribution in [0.2, 0.25) is 0 Å². The van der Waals surface area contributed by atoms with Gasteiger partial charge in [0.15, 0.2) is 32.1 Å². The van der Waals surface area contributed by atoms with E-state index in [-0.39, 0.29) is 71.3 Å². The number of anilines is 1. The predicted molar refractivity (Wildman–Crippen MR) is 329 cm³/mol. The summed E-state index contributed by atoms with van der Waals surface area (Å²) in [4.78, 5) is 34.7. The monoisotopic (exact) mass is 1490 g/mol. The van der Waals surface area contributed by atoms with Crippen LogP contribution in [-0.2, 0) is 72.6 Å². The molecule has 4 fully saturated rings. The number of hydrogen-bond donors (Lipinski definition) is 1. The van der Waals surface area contributed by atoms with E-state index in [1.165, 1.54) is 56.0 Å². The molecular weight excluding hydrogens is 1430 g/mol. The zero-order valence-corrected chi connectivity index (χ0v) is 54.5. The molecule has 6 aromatic carbocycles. The van der Waals surface area contributed by atoms with Crippen LogP contribution >= 0.6 is 0 Å². The molecule has 0 spiro atoms. The minimum absolute atomic E-state index is 0.0534. The van der Waals surface area contributed by atoms with Crippen LogP contribution < -0.4 is 5.73 Å². The molecule has 2 amide bonds. The number of benzene rings is 6. The molecule has 544 valence electrons. The van der Waals surface area contributed by atoms with Gasteiger partial charge in [0.2, 0.25) is 11.8 Å². The predicted octanol–water partition coefficient (Wildman–Crippen LogP) is 13.7. The third-order valence-electron chi connectivity index (χ3n) is 18.8. The van der Waals surface area contributed by atoms with Gasteiger partial charge in [0.1, 0.15) is 32.8 Å². The highest BCUT2D eigenvalue weighted by atomic mass is 32.2. The number of piperidine rings is 2. The van der Waals surface area contributed by atoms with Crippen molar-refractivity contribution in [2.24, 2.45) is 17.0 Å². The second-order valence-corrected chi connectivity index (χ2v) is 29.0. The Balaban J connectivity index is 0.000000237. The summed E-state index contributed by atoms with van der Waals surface area (Å²) >= 11 is 0. The van der Waals surface area contributed by atoms with Gasteiger partial charge in [0.05, 0.1) is 23.0 Å². The summed E-state index contributed by atoms with van der Waals surface area (Å²) in [5.74, 6) is -7.65. The van der Waals surface area contributed by atoms with E-state index >= 15 is 0 Å². The van der Waals surface area contributed by atoms with E-state index in [0.29, 0.717) is 87.3 Å². The average molecular weight is 1490 g/mol. The maximum atomic E-state index is 14.6. The lowest BCUT2D eigenvalue weighted by atomic mass is 9.88. The standard InChI is InChI=1S/C33H28F8N6O4S.C33H30F8N4O4S/c34-27-2-1-3-28(35)26(27)18-51-31(32(36,37)38,33(39,40)41)23-6-4-22(5-7-23)30(52(49,50)25-10-8-24(9-11-25)44-45-43)14-17-47(19-30)29(48)21-12-15-46(20-42)16-13-21;34-27-2-1-3-28(35)26(27)18-49-31(32(36,37)38,33(39,40)41)23-6-4-22(5-7-23)30(50(47,48)25-10-8-24(43)9-11-25)14-17-45(19-30)29(46)21-12-15-44(20-42)16-13-21/h1-11,21H,12-19H2;1-11,21H,12-19,43H2/t2*30-/m00/s1. The van der Waals surface area contributed by atoms with Crippen molar-refractivity contribution in [3.63, 3.8) is 0 Å². The van der Waals surface area contributed by atoms with Crippen molar-refractivity contribution in [1.29, 1.82) is 10.5 Å². The number of hydrogen-bond acceptors (Lipinski definition) is 14. The summed E-state index contributed by atoms with van der Waals surface area (Å²) in [6.07, 6.45) is -20.2. The van der Waals surface area contributed by atoms with Gasteiger partial charge in [0.25, 0.3) is 11.2 Å². The Morgan fingerprint density at radius 3 is 1.12 bits per heavy atom. The second-order valence-electron chi connectivity index (χ2n) is 24.5. The van der Waals surface area contributed by atoms with Gasteiger partial charge in [-0.1, -0.05) is 77.9 Å². The Morgan fingerprint density at radius 2 is 0.824 bits per heavy atom. The number of carbonyl (C=O) groups excluding carboxylic acids is 2. The molecule has 18 nitrogen and oxygen atoms in total. The quantitative estimate of drug-likeness (QED) is 0.0223. The molecule has 4 saturated heterocycles. The first kappa shape index (κ1) is 76.8. The van der Waals surface area contributed by atoms with Gasteiger partial charge in [-0.05, 0) is 116 Å². The van der Waals surface area contributed by atoms with Gasteiger partial charge < -0.3 is 34.8 Å². The Morgan fingerprint density at radius 1 is 0.510 bits per heavy atom. The summed E-state index contributed by atoms with van der Waals surface area (Å²) in [6.45, 7) is -3.55. The molecule has 0 unspecified atom stereocenters. The molecule has 4 aliphatic rings. The fourth-order valence-corrected chi connectivity index (χ4v) is 17.3. The van der Waals surface area contributed by atoms with Gasteiger partial charge in [-0.25, -0.2) is 34.4 Å². The van der Waals surface area contributed by atoms with Crippen LogP contribution in [0.5, 0.6) is 0 Å². The van der Waals surface area contributed by atoms with E-state index in [4.69, 9.17) is 21.8 Å². The van der Waals surface area contributed by atoms with E-state index in [0.717, 1.165) is 48.5 Å². The molecule has 0 radical (unpaired) electrons. The molecule has 0 aliphatic carbocycles. The number of amides is 2. The van der Waals surface area contributed by atoms with Gasteiger partial charge in [-0.15, -0.1) is 0 Å². The van der Waals surface area contributed by atoms with E-state index < -0.39 is 161 Å². The van der Waals surface area contributed by atoms with Crippen molar-refractivity contribution in [1.82, 2.24) is 19.6 Å². The Hall–Kier alpha value is -9.35. The SMILES string of the molecule is N#CN1CCC(C(=O)N2CC[C@](c3ccc(C(OCc4c(F)cccc4F)(C(F)(F)F)C(F)(F)F)cc3)(S(=O)(=O)c3ccc(N)cc3)C2)CC1.N#CN1CCC(C(=O)N2CC[C@](c3ccc(C(OCc4c(F)cccc4F)(C(F)(F)F)C(F)(F)F)cc3)(S(=O)(=O)c3ccc(N=[N+]=[N-])cc3)C2)CC1. The van der Waals surface area contributed by atoms with Crippen molar-refractivity contribution in [3.05, 3.63) is 201 Å². The summed E-state index contributed by atoms with van der Waals surface area (Å²) in [5, 5.41) is 21.7. The van der Waals surface area contributed by atoms with Gasteiger partial charge in [-0.2, -0.15) is 63.2 Å². The molecule has 10 rings (SSSR count). The summed E-state index contributed by atoms with van der Waals surface area (Å²) in [6, 6.07) is 18.7. The number of likely N-dealkylation sites (tertiary alicyclic amines) is 4. The van der Waals surface area contributed by atoms with E-state index in [1.807, 2.05) is 12.4 Å². The molecule has 6 aromatic rings. The molecule has 4 heterocycles. The van der Waals surface area contributed by atoms with Crippen LogP contribution in [-0.4, -0.2) is 125 Å². The molecule has 36 heteroatoms. The number of carbonyl (C=O) groups is 2. The number of rotatable bonds is 17. The molecule has 2 atom stereocenters. The molecule has 0 saturated carbocycles. The molecular formula is C66H58F16N10O8S2. The first-order chi connectivity index (χ1) is 47.8. The average Bonchev–Trinajstić information content (AvgIpc) is 1.25. The Labute approximate surface area is 571 Å². The molecule has 2 N–H and O–H groups in total. The van der Waals surface area contributed by atoms with Crippen molar-refractivity contribution in [3.8, 4) is 12.4 Å².